The molecule has 28 heavy (non-hydrogen) atoms. The fourth-order valence-corrected chi connectivity index (χ4v) is 3.27. The molecule has 1 aliphatic rings. The highest BCUT2D eigenvalue weighted by molar-refractivity contribution is 5.96. The van der Waals surface area contributed by atoms with Gasteiger partial charge in [0.2, 0.25) is 5.91 Å². The SMILES string of the molecule is COc1ccc(N2CC(NC(=O)NCCc3ccccc3OC)CC2=O)cc1. The Hall–Kier alpha value is -3.22. The molecule has 7 heteroatoms. The zero-order chi connectivity index (χ0) is 19.9. The van der Waals surface area contributed by atoms with Gasteiger partial charge in [-0.15, -0.1) is 0 Å². The molecule has 1 fully saturated rings. The molecular formula is C21H25N3O4. The molecule has 0 aromatic heterocycles. The maximum Gasteiger partial charge on any atom is 0.315 e. The Morgan fingerprint density at radius 3 is 2.57 bits per heavy atom. The summed E-state index contributed by atoms with van der Waals surface area (Å²) in [6.45, 7) is 0.931. The Morgan fingerprint density at radius 1 is 1.11 bits per heavy atom. The number of benzene rings is 2. The van der Waals surface area contributed by atoms with Gasteiger partial charge in [-0.25, -0.2) is 4.79 Å². The number of urea groups is 1. The van der Waals surface area contributed by atoms with Crippen LogP contribution in [0.15, 0.2) is 48.5 Å². The molecule has 1 unspecified atom stereocenters. The maximum atomic E-state index is 12.3. The van der Waals surface area contributed by atoms with Crippen LogP contribution in [0.3, 0.4) is 0 Å². The fraction of sp³-hybridized carbons (Fsp3) is 0.333. The Bertz CT molecular complexity index is 823. The predicted molar refractivity (Wildman–Crippen MR) is 107 cm³/mol. The van der Waals surface area contributed by atoms with E-state index in [0.717, 1.165) is 22.7 Å². The lowest BCUT2D eigenvalue weighted by atomic mass is 10.1. The van der Waals surface area contributed by atoms with E-state index >= 15 is 0 Å². The van der Waals surface area contributed by atoms with Crippen LogP contribution in [0.4, 0.5) is 10.5 Å². The van der Waals surface area contributed by atoms with E-state index in [2.05, 4.69) is 10.6 Å². The summed E-state index contributed by atoms with van der Waals surface area (Å²) in [7, 11) is 3.23. The lowest BCUT2D eigenvalue weighted by Crippen LogP contribution is -2.43. The molecule has 7 nitrogen and oxygen atoms in total. The van der Waals surface area contributed by atoms with Crippen LogP contribution in [-0.4, -0.2) is 45.3 Å². The van der Waals surface area contributed by atoms with Crippen LogP contribution in [0.25, 0.3) is 0 Å². The van der Waals surface area contributed by atoms with Crippen molar-refractivity contribution in [2.24, 2.45) is 0 Å². The summed E-state index contributed by atoms with van der Waals surface area (Å²) in [6.07, 6.45) is 0.949. The molecule has 2 aromatic rings. The largest absolute Gasteiger partial charge is 0.497 e. The first-order valence-corrected chi connectivity index (χ1v) is 9.21. The first kappa shape index (κ1) is 19.5. The number of methoxy groups -OCH3 is 2. The van der Waals surface area contributed by atoms with Crippen molar-refractivity contribution in [1.82, 2.24) is 10.6 Å². The summed E-state index contributed by atoms with van der Waals surface area (Å²) >= 11 is 0. The van der Waals surface area contributed by atoms with Crippen molar-refractivity contribution in [3.8, 4) is 11.5 Å². The number of carbonyl (C=O) groups excluding carboxylic acids is 2. The van der Waals surface area contributed by atoms with Gasteiger partial charge in [-0.3, -0.25) is 4.79 Å². The van der Waals surface area contributed by atoms with Crippen LogP contribution in [0.2, 0.25) is 0 Å². The molecule has 2 N–H and O–H groups in total. The standard InChI is InChI=1S/C21H25N3O4/c1-27-18-9-7-17(8-10-18)24-14-16(13-20(24)25)23-21(26)22-12-11-15-5-3-4-6-19(15)28-2/h3-10,16H,11-14H2,1-2H3,(H2,22,23,26). The van der Waals surface area contributed by atoms with Crippen LogP contribution in [0.5, 0.6) is 11.5 Å². The Labute approximate surface area is 164 Å². The molecule has 0 saturated carbocycles. The maximum absolute atomic E-state index is 12.3. The number of carbonyl (C=O) groups is 2. The van der Waals surface area contributed by atoms with E-state index in [1.807, 2.05) is 48.5 Å². The van der Waals surface area contributed by atoms with Crippen molar-refractivity contribution in [2.45, 2.75) is 18.9 Å². The van der Waals surface area contributed by atoms with E-state index in [1.165, 1.54) is 0 Å². The third-order valence-corrected chi connectivity index (χ3v) is 4.72. The third-order valence-electron chi connectivity index (χ3n) is 4.72. The lowest BCUT2D eigenvalue weighted by molar-refractivity contribution is -0.117. The monoisotopic (exact) mass is 383 g/mol. The second-order valence-electron chi connectivity index (χ2n) is 6.57. The highest BCUT2D eigenvalue weighted by Gasteiger charge is 2.31. The van der Waals surface area contributed by atoms with Crippen LogP contribution in [0.1, 0.15) is 12.0 Å². The topological polar surface area (TPSA) is 79.9 Å². The molecule has 0 spiro atoms. The summed E-state index contributed by atoms with van der Waals surface area (Å²) in [5, 5.41) is 5.72. The van der Waals surface area contributed by atoms with E-state index in [-0.39, 0.29) is 24.4 Å². The van der Waals surface area contributed by atoms with E-state index in [9.17, 15) is 9.59 Å². The number of nitrogens with one attached hydrogen (secondary N) is 2. The number of para-hydroxylation sites is 1. The average Bonchev–Trinajstić information content (AvgIpc) is 3.08. The summed E-state index contributed by atoms with van der Waals surface area (Å²) in [6, 6.07) is 14.5. The minimum absolute atomic E-state index is 0.00973. The number of rotatable bonds is 7. The highest BCUT2D eigenvalue weighted by Crippen LogP contribution is 2.24. The summed E-state index contributed by atoms with van der Waals surface area (Å²) in [4.78, 5) is 26.2. The van der Waals surface area contributed by atoms with E-state index in [4.69, 9.17) is 9.47 Å². The minimum Gasteiger partial charge on any atom is -0.497 e. The van der Waals surface area contributed by atoms with Gasteiger partial charge in [-0.1, -0.05) is 18.2 Å². The van der Waals surface area contributed by atoms with Crippen molar-refractivity contribution in [3.05, 3.63) is 54.1 Å². The van der Waals surface area contributed by atoms with Gasteiger partial charge in [-0.05, 0) is 42.3 Å². The van der Waals surface area contributed by atoms with Gasteiger partial charge in [0.25, 0.3) is 0 Å². The number of hydrogen-bond acceptors (Lipinski definition) is 4. The first-order chi connectivity index (χ1) is 13.6. The summed E-state index contributed by atoms with van der Waals surface area (Å²) < 4.78 is 10.5. The number of amides is 3. The van der Waals surface area contributed by atoms with Crippen molar-refractivity contribution in [1.29, 1.82) is 0 Å². The molecule has 3 amide bonds. The van der Waals surface area contributed by atoms with Crippen LogP contribution in [0, 0.1) is 0 Å². The van der Waals surface area contributed by atoms with Crippen LogP contribution < -0.4 is 25.0 Å². The molecule has 0 radical (unpaired) electrons. The van der Waals surface area contributed by atoms with Gasteiger partial charge in [0, 0.05) is 25.2 Å². The second kappa shape index (κ2) is 9.12. The minimum atomic E-state index is -0.274. The zero-order valence-corrected chi connectivity index (χ0v) is 16.1. The van der Waals surface area contributed by atoms with Crippen LogP contribution >= 0.6 is 0 Å². The first-order valence-electron chi connectivity index (χ1n) is 9.21. The van der Waals surface area contributed by atoms with Crippen molar-refractivity contribution in [2.75, 3.05) is 32.2 Å². The Balaban J connectivity index is 1.47. The van der Waals surface area contributed by atoms with E-state index in [1.54, 1.807) is 19.1 Å². The molecule has 1 heterocycles. The average molecular weight is 383 g/mol. The van der Waals surface area contributed by atoms with E-state index < -0.39 is 0 Å². The van der Waals surface area contributed by atoms with Gasteiger partial charge >= 0.3 is 6.03 Å². The summed E-state index contributed by atoms with van der Waals surface area (Å²) in [5.74, 6) is 1.53. The molecule has 2 aromatic carbocycles. The Kier molecular flexibility index (Phi) is 6.37. The van der Waals surface area contributed by atoms with Crippen molar-refractivity contribution < 1.29 is 19.1 Å². The van der Waals surface area contributed by atoms with Gasteiger partial charge in [0.1, 0.15) is 11.5 Å². The second-order valence-corrected chi connectivity index (χ2v) is 6.57. The normalized spacial score (nSPS) is 16.0. The smallest absolute Gasteiger partial charge is 0.315 e. The van der Waals surface area contributed by atoms with Gasteiger partial charge in [-0.2, -0.15) is 0 Å². The summed E-state index contributed by atoms with van der Waals surface area (Å²) in [5.41, 5.74) is 1.83. The molecule has 1 aliphatic heterocycles. The molecular weight excluding hydrogens is 358 g/mol. The molecule has 0 bridgehead atoms. The number of nitrogens with zero attached hydrogens (tertiary/aromatic N) is 1. The molecule has 3 rings (SSSR count). The van der Waals surface area contributed by atoms with Gasteiger partial charge < -0.3 is 25.0 Å². The molecule has 0 aliphatic carbocycles. The van der Waals surface area contributed by atoms with Gasteiger partial charge in [0.15, 0.2) is 0 Å². The third kappa shape index (κ3) is 4.73. The fourth-order valence-electron chi connectivity index (χ4n) is 3.27. The van der Waals surface area contributed by atoms with Gasteiger partial charge in [0.05, 0.1) is 20.3 Å². The predicted octanol–water partition coefficient (Wildman–Crippen LogP) is 2.35. The lowest BCUT2D eigenvalue weighted by Gasteiger charge is -2.18. The molecule has 148 valence electrons. The van der Waals surface area contributed by atoms with Crippen LogP contribution in [-0.2, 0) is 11.2 Å². The Morgan fingerprint density at radius 2 is 1.86 bits per heavy atom. The number of ether oxygens (including phenoxy) is 2. The zero-order valence-electron chi connectivity index (χ0n) is 16.1. The molecule has 1 atom stereocenters. The highest BCUT2D eigenvalue weighted by atomic mass is 16.5. The van der Waals surface area contributed by atoms with E-state index in [0.29, 0.717) is 19.5 Å². The number of hydrogen-bond donors (Lipinski definition) is 2. The quantitative estimate of drug-likeness (QED) is 0.769. The van der Waals surface area contributed by atoms with Crippen molar-refractivity contribution in [3.63, 3.8) is 0 Å². The van der Waals surface area contributed by atoms with Crippen molar-refractivity contribution >= 4 is 17.6 Å². The molecule has 1 saturated heterocycles. The number of anilines is 1.